The van der Waals surface area contributed by atoms with Gasteiger partial charge in [-0.05, 0) is 32.0 Å². The molecule has 0 unspecified atom stereocenters. The van der Waals surface area contributed by atoms with Gasteiger partial charge in [0.25, 0.3) is 0 Å². The molecule has 0 aliphatic heterocycles. The van der Waals surface area contributed by atoms with Crippen molar-refractivity contribution in [3.8, 4) is 11.5 Å². The zero-order valence-corrected chi connectivity index (χ0v) is 12.4. The topological polar surface area (TPSA) is 59.4 Å². The second-order valence-electron chi connectivity index (χ2n) is 4.20. The lowest BCUT2D eigenvalue weighted by atomic mass is 10.1. The van der Waals surface area contributed by atoms with Crippen LogP contribution in [0.3, 0.4) is 0 Å². The van der Waals surface area contributed by atoms with E-state index in [-0.39, 0.29) is 17.1 Å². The van der Waals surface area contributed by atoms with Crippen LogP contribution in [0.25, 0.3) is 0 Å². The minimum absolute atomic E-state index is 0.0492. The lowest BCUT2D eigenvalue weighted by Gasteiger charge is -2.12. The Hall–Kier alpha value is -1.95. The maximum Gasteiger partial charge on any atom is 0.341 e. The first kappa shape index (κ1) is 14.5. The first-order valence-electron chi connectivity index (χ1n) is 5.73. The SMILES string of the molecule is Cc1cc(Oc2cc(Br)ccc2F)c(C(=O)O)c(C)n1. The van der Waals surface area contributed by atoms with Crippen molar-refractivity contribution >= 4 is 21.9 Å². The van der Waals surface area contributed by atoms with Crippen molar-refractivity contribution < 1.29 is 19.0 Å². The summed E-state index contributed by atoms with van der Waals surface area (Å²) in [5.41, 5.74) is 0.843. The molecule has 2 aromatic rings. The standard InChI is InChI=1S/C14H11BrFNO3/c1-7-5-12(13(14(18)19)8(2)17-7)20-11-6-9(15)3-4-10(11)16/h3-6H,1-2H3,(H,18,19). The molecule has 1 aromatic heterocycles. The van der Waals surface area contributed by atoms with Crippen LogP contribution in [0.2, 0.25) is 0 Å². The molecule has 0 saturated heterocycles. The van der Waals surface area contributed by atoms with Crippen LogP contribution in [0.5, 0.6) is 11.5 Å². The highest BCUT2D eigenvalue weighted by Gasteiger charge is 2.18. The molecule has 6 heteroatoms. The van der Waals surface area contributed by atoms with Gasteiger partial charge in [-0.3, -0.25) is 4.98 Å². The number of aromatic carboxylic acids is 1. The molecule has 0 fully saturated rings. The van der Waals surface area contributed by atoms with Crippen LogP contribution in [-0.4, -0.2) is 16.1 Å². The van der Waals surface area contributed by atoms with E-state index >= 15 is 0 Å². The molecule has 4 nitrogen and oxygen atoms in total. The Morgan fingerprint density at radius 2 is 2.00 bits per heavy atom. The van der Waals surface area contributed by atoms with Gasteiger partial charge >= 0.3 is 5.97 Å². The number of aromatic nitrogens is 1. The highest BCUT2D eigenvalue weighted by atomic mass is 79.9. The normalized spacial score (nSPS) is 10.4. The molecule has 0 spiro atoms. The molecular weight excluding hydrogens is 329 g/mol. The van der Waals surface area contributed by atoms with E-state index in [1.807, 2.05) is 0 Å². The average Bonchev–Trinajstić information content (AvgIpc) is 2.32. The molecule has 0 bridgehead atoms. The van der Waals surface area contributed by atoms with Crippen molar-refractivity contribution in [2.75, 3.05) is 0 Å². The summed E-state index contributed by atoms with van der Waals surface area (Å²) in [6.07, 6.45) is 0. The van der Waals surface area contributed by atoms with Crippen molar-refractivity contribution in [2.45, 2.75) is 13.8 Å². The number of hydrogen-bond donors (Lipinski definition) is 1. The molecule has 104 valence electrons. The Balaban J connectivity index is 2.53. The first-order chi connectivity index (χ1) is 9.38. The zero-order chi connectivity index (χ0) is 14.9. The third-order valence-corrected chi connectivity index (χ3v) is 3.11. The Labute approximate surface area is 123 Å². The fourth-order valence-corrected chi connectivity index (χ4v) is 2.15. The van der Waals surface area contributed by atoms with E-state index in [2.05, 4.69) is 20.9 Å². The summed E-state index contributed by atoms with van der Waals surface area (Å²) >= 11 is 3.21. The van der Waals surface area contributed by atoms with Crippen LogP contribution >= 0.6 is 15.9 Å². The van der Waals surface area contributed by atoms with Crippen LogP contribution in [0.1, 0.15) is 21.7 Å². The number of ether oxygens (including phenoxy) is 1. The molecule has 0 aliphatic rings. The van der Waals surface area contributed by atoms with Crippen molar-refractivity contribution in [1.29, 1.82) is 0 Å². The summed E-state index contributed by atoms with van der Waals surface area (Å²) in [5, 5.41) is 9.22. The van der Waals surface area contributed by atoms with Gasteiger partial charge < -0.3 is 9.84 Å². The second-order valence-corrected chi connectivity index (χ2v) is 5.12. The van der Waals surface area contributed by atoms with Gasteiger partial charge in [0.2, 0.25) is 0 Å². The number of rotatable bonds is 3. The first-order valence-corrected chi connectivity index (χ1v) is 6.52. The predicted molar refractivity (Wildman–Crippen MR) is 74.8 cm³/mol. The summed E-state index contributed by atoms with van der Waals surface area (Å²) in [5.74, 6) is -1.72. The Morgan fingerprint density at radius 1 is 1.30 bits per heavy atom. The number of hydrogen-bond acceptors (Lipinski definition) is 3. The second kappa shape index (κ2) is 5.58. The number of nitrogens with zero attached hydrogens (tertiary/aromatic N) is 1. The highest BCUT2D eigenvalue weighted by molar-refractivity contribution is 9.10. The quantitative estimate of drug-likeness (QED) is 0.914. The fourth-order valence-electron chi connectivity index (χ4n) is 1.81. The molecule has 1 aromatic carbocycles. The van der Waals surface area contributed by atoms with Gasteiger partial charge in [0.15, 0.2) is 11.6 Å². The molecule has 0 amide bonds. The monoisotopic (exact) mass is 339 g/mol. The summed E-state index contributed by atoms with van der Waals surface area (Å²) in [7, 11) is 0. The van der Waals surface area contributed by atoms with E-state index in [9.17, 15) is 14.3 Å². The summed E-state index contributed by atoms with van der Waals surface area (Å²) in [6, 6.07) is 5.67. The molecule has 1 N–H and O–H groups in total. The fraction of sp³-hybridized carbons (Fsp3) is 0.143. The van der Waals surface area contributed by atoms with Gasteiger partial charge in [-0.1, -0.05) is 15.9 Å². The van der Waals surface area contributed by atoms with E-state index in [0.717, 1.165) is 0 Å². The third kappa shape index (κ3) is 2.96. The molecular formula is C14H11BrFNO3. The van der Waals surface area contributed by atoms with Crippen LogP contribution in [-0.2, 0) is 0 Å². The van der Waals surface area contributed by atoms with Crippen LogP contribution in [0.15, 0.2) is 28.7 Å². The van der Waals surface area contributed by atoms with Gasteiger partial charge in [-0.15, -0.1) is 0 Å². The van der Waals surface area contributed by atoms with E-state index in [0.29, 0.717) is 15.9 Å². The number of carboxylic acid groups (broad SMARTS) is 1. The molecule has 2 rings (SSSR count). The van der Waals surface area contributed by atoms with E-state index in [4.69, 9.17) is 4.74 Å². The minimum atomic E-state index is -1.17. The molecule has 1 heterocycles. The number of pyridine rings is 1. The number of benzene rings is 1. The molecule has 0 aliphatic carbocycles. The van der Waals surface area contributed by atoms with Gasteiger partial charge in [0.05, 0.1) is 5.69 Å². The molecule has 20 heavy (non-hydrogen) atoms. The minimum Gasteiger partial charge on any atom is -0.477 e. The predicted octanol–water partition coefficient (Wildman–Crippen LogP) is 4.09. The Kier molecular flexibility index (Phi) is 4.04. The lowest BCUT2D eigenvalue weighted by Crippen LogP contribution is -2.06. The Morgan fingerprint density at radius 3 is 2.65 bits per heavy atom. The van der Waals surface area contributed by atoms with Crippen molar-refractivity contribution in [3.05, 3.63) is 51.5 Å². The highest BCUT2D eigenvalue weighted by Crippen LogP contribution is 2.31. The molecule has 0 atom stereocenters. The van der Waals surface area contributed by atoms with Crippen LogP contribution in [0.4, 0.5) is 4.39 Å². The number of carbonyl (C=O) groups is 1. The summed E-state index contributed by atoms with van der Waals surface area (Å²) < 4.78 is 19.7. The number of aryl methyl sites for hydroxylation is 2. The lowest BCUT2D eigenvalue weighted by molar-refractivity contribution is 0.0692. The average molecular weight is 340 g/mol. The van der Waals surface area contributed by atoms with Crippen molar-refractivity contribution in [2.24, 2.45) is 0 Å². The third-order valence-electron chi connectivity index (χ3n) is 2.62. The van der Waals surface area contributed by atoms with Gasteiger partial charge in [0.1, 0.15) is 11.3 Å². The zero-order valence-electron chi connectivity index (χ0n) is 10.8. The Bertz CT molecular complexity index is 688. The van der Waals surface area contributed by atoms with Gasteiger partial charge in [-0.25, -0.2) is 9.18 Å². The van der Waals surface area contributed by atoms with Crippen molar-refractivity contribution in [3.63, 3.8) is 0 Å². The van der Waals surface area contributed by atoms with Gasteiger partial charge in [-0.2, -0.15) is 0 Å². The maximum atomic E-state index is 13.7. The van der Waals surface area contributed by atoms with Crippen molar-refractivity contribution in [1.82, 2.24) is 4.98 Å². The molecule has 0 radical (unpaired) electrons. The smallest absolute Gasteiger partial charge is 0.341 e. The van der Waals surface area contributed by atoms with Crippen LogP contribution in [0, 0.1) is 19.7 Å². The maximum absolute atomic E-state index is 13.7. The largest absolute Gasteiger partial charge is 0.477 e. The number of halogens is 2. The van der Waals surface area contributed by atoms with E-state index in [1.54, 1.807) is 13.8 Å². The van der Waals surface area contributed by atoms with Gasteiger partial charge in [0, 0.05) is 16.2 Å². The van der Waals surface area contributed by atoms with E-state index in [1.165, 1.54) is 24.3 Å². The van der Waals surface area contributed by atoms with E-state index < -0.39 is 11.8 Å². The summed E-state index contributed by atoms with van der Waals surface area (Å²) in [4.78, 5) is 15.3. The number of carboxylic acids is 1. The summed E-state index contributed by atoms with van der Waals surface area (Å²) in [6.45, 7) is 3.28. The van der Waals surface area contributed by atoms with Crippen LogP contribution < -0.4 is 4.74 Å². The molecule has 0 saturated carbocycles.